The maximum absolute atomic E-state index is 8.19. The Morgan fingerprint density at radius 1 is 1.26 bits per heavy atom. The topological polar surface area (TPSA) is 41.8 Å². The number of oxime groups is 1. The fraction of sp³-hybridized carbons (Fsp3) is 0.562. The molecule has 3 heteroatoms. The molecule has 0 radical (unpaired) electrons. The molecule has 0 amide bonds. The third kappa shape index (κ3) is 22.3. The molecule has 0 rings (SSSR count). The minimum Gasteiger partial charge on any atom is -0.411 e. The molecule has 0 saturated heterocycles. The molecule has 0 spiro atoms. The van der Waals surface area contributed by atoms with Gasteiger partial charge < -0.3 is 9.94 Å². The Kier molecular flexibility index (Phi) is 17.5. The molecule has 0 aliphatic rings. The normalized spacial score (nSPS) is 11.3. The highest BCUT2D eigenvalue weighted by molar-refractivity contribution is 5.56. The molecular formula is C16H29NO2. The SMILES string of the molecule is C=CCOCC=C.CC(C)=CCCC(C)CC=NO. The van der Waals surface area contributed by atoms with E-state index in [1.807, 2.05) is 0 Å². The largest absolute Gasteiger partial charge is 0.411 e. The van der Waals surface area contributed by atoms with E-state index in [0.29, 0.717) is 19.1 Å². The second-order valence-corrected chi connectivity index (χ2v) is 4.61. The summed E-state index contributed by atoms with van der Waals surface area (Å²) in [7, 11) is 0. The summed E-state index contributed by atoms with van der Waals surface area (Å²) in [6.45, 7) is 14.6. The Labute approximate surface area is 118 Å². The highest BCUT2D eigenvalue weighted by Gasteiger charge is 1.97. The number of allylic oxidation sites excluding steroid dienone is 2. The molecule has 1 atom stereocenters. The smallest absolute Gasteiger partial charge is 0.0649 e. The van der Waals surface area contributed by atoms with E-state index in [9.17, 15) is 0 Å². The summed E-state index contributed by atoms with van der Waals surface area (Å²) in [4.78, 5) is 0. The summed E-state index contributed by atoms with van der Waals surface area (Å²) in [5.74, 6) is 0.608. The summed E-state index contributed by atoms with van der Waals surface area (Å²) in [5.41, 5.74) is 1.37. The second kappa shape index (κ2) is 16.6. The highest BCUT2D eigenvalue weighted by atomic mass is 16.5. The summed E-state index contributed by atoms with van der Waals surface area (Å²) >= 11 is 0. The van der Waals surface area contributed by atoms with E-state index < -0.39 is 0 Å². The predicted octanol–water partition coefficient (Wildman–Crippen LogP) is 4.59. The van der Waals surface area contributed by atoms with Crippen LogP contribution >= 0.6 is 0 Å². The zero-order valence-corrected chi connectivity index (χ0v) is 12.6. The van der Waals surface area contributed by atoms with Crippen molar-refractivity contribution in [3.63, 3.8) is 0 Å². The van der Waals surface area contributed by atoms with Crippen molar-refractivity contribution < 1.29 is 9.94 Å². The van der Waals surface area contributed by atoms with Crippen LogP contribution in [0.2, 0.25) is 0 Å². The van der Waals surface area contributed by atoms with Crippen LogP contribution < -0.4 is 0 Å². The van der Waals surface area contributed by atoms with Crippen molar-refractivity contribution in [2.45, 2.75) is 40.0 Å². The zero-order valence-electron chi connectivity index (χ0n) is 12.6. The van der Waals surface area contributed by atoms with E-state index in [1.165, 1.54) is 5.57 Å². The van der Waals surface area contributed by atoms with Crippen LogP contribution in [-0.4, -0.2) is 24.6 Å². The van der Waals surface area contributed by atoms with Gasteiger partial charge in [-0.15, -0.1) is 18.3 Å². The summed E-state index contributed by atoms with van der Waals surface area (Å²) < 4.78 is 4.90. The van der Waals surface area contributed by atoms with Crippen molar-refractivity contribution in [1.29, 1.82) is 0 Å². The fourth-order valence-corrected chi connectivity index (χ4v) is 1.24. The van der Waals surface area contributed by atoms with Gasteiger partial charge in [0, 0.05) is 6.21 Å². The van der Waals surface area contributed by atoms with E-state index >= 15 is 0 Å². The Morgan fingerprint density at radius 3 is 2.26 bits per heavy atom. The first-order valence-electron chi connectivity index (χ1n) is 6.67. The van der Waals surface area contributed by atoms with Crippen LogP contribution in [0.25, 0.3) is 0 Å². The molecule has 0 aromatic carbocycles. The number of rotatable bonds is 9. The van der Waals surface area contributed by atoms with E-state index in [0.717, 1.165) is 19.3 Å². The minimum absolute atomic E-state index is 0.608. The lowest BCUT2D eigenvalue weighted by Crippen LogP contribution is -1.94. The predicted molar refractivity (Wildman–Crippen MR) is 83.9 cm³/mol. The van der Waals surface area contributed by atoms with Crippen molar-refractivity contribution in [3.05, 3.63) is 37.0 Å². The summed E-state index contributed by atoms with van der Waals surface area (Å²) in [5, 5.41) is 11.2. The molecule has 3 nitrogen and oxygen atoms in total. The molecule has 0 aromatic rings. The van der Waals surface area contributed by atoms with Crippen LogP contribution in [0.15, 0.2) is 42.1 Å². The maximum atomic E-state index is 8.19. The first-order chi connectivity index (χ1) is 9.08. The lowest BCUT2D eigenvalue weighted by atomic mass is 10.0. The molecule has 0 aromatic heterocycles. The van der Waals surface area contributed by atoms with Gasteiger partial charge in [0.2, 0.25) is 0 Å². The third-order valence-corrected chi connectivity index (χ3v) is 2.27. The average molecular weight is 267 g/mol. The Bertz CT molecular complexity index is 258. The van der Waals surface area contributed by atoms with Crippen LogP contribution in [0, 0.1) is 5.92 Å². The minimum atomic E-state index is 0.608. The van der Waals surface area contributed by atoms with Gasteiger partial charge in [-0.2, -0.15) is 0 Å². The van der Waals surface area contributed by atoms with Crippen molar-refractivity contribution in [1.82, 2.24) is 0 Å². The second-order valence-electron chi connectivity index (χ2n) is 4.61. The lowest BCUT2D eigenvalue weighted by molar-refractivity contribution is 0.194. The fourth-order valence-electron chi connectivity index (χ4n) is 1.24. The van der Waals surface area contributed by atoms with Crippen LogP contribution in [0.4, 0.5) is 0 Å². The monoisotopic (exact) mass is 267 g/mol. The van der Waals surface area contributed by atoms with Gasteiger partial charge in [-0.25, -0.2) is 0 Å². The first kappa shape index (κ1) is 20.0. The standard InChI is InChI=1S/C10H19NO.C6H10O/c1-9(2)5-4-6-10(3)7-8-11-12;1-3-5-7-6-4-2/h5,8,10,12H,4,6-7H2,1-3H3;3-4H,1-2,5-6H2. The van der Waals surface area contributed by atoms with Gasteiger partial charge in [0.1, 0.15) is 0 Å². The van der Waals surface area contributed by atoms with Gasteiger partial charge in [-0.3, -0.25) is 0 Å². The van der Waals surface area contributed by atoms with Crippen molar-refractivity contribution in [2.24, 2.45) is 11.1 Å². The third-order valence-electron chi connectivity index (χ3n) is 2.27. The van der Waals surface area contributed by atoms with E-state index in [2.05, 4.69) is 45.2 Å². The highest BCUT2D eigenvalue weighted by Crippen LogP contribution is 2.10. The molecular weight excluding hydrogens is 238 g/mol. The molecule has 0 aliphatic heterocycles. The van der Waals surface area contributed by atoms with Crippen LogP contribution in [0.1, 0.15) is 40.0 Å². The Hall–Kier alpha value is -1.35. The van der Waals surface area contributed by atoms with Gasteiger partial charge in [-0.1, -0.05) is 30.7 Å². The van der Waals surface area contributed by atoms with Crippen molar-refractivity contribution in [3.8, 4) is 0 Å². The molecule has 1 unspecified atom stereocenters. The van der Waals surface area contributed by atoms with Crippen LogP contribution in [0.3, 0.4) is 0 Å². The quantitative estimate of drug-likeness (QED) is 0.218. The van der Waals surface area contributed by atoms with Gasteiger partial charge in [0.25, 0.3) is 0 Å². The zero-order chi connectivity index (χ0) is 14.9. The molecule has 0 fully saturated rings. The van der Waals surface area contributed by atoms with Crippen molar-refractivity contribution in [2.75, 3.05) is 13.2 Å². The maximum Gasteiger partial charge on any atom is 0.0649 e. The lowest BCUT2D eigenvalue weighted by Gasteiger charge is -2.04. The molecule has 0 heterocycles. The molecule has 0 bridgehead atoms. The summed E-state index contributed by atoms with van der Waals surface area (Å²) in [6, 6.07) is 0. The molecule has 19 heavy (non-hydrogen) atoms. The summed E-state index contributed by atoms with van der Waals surface area (Å²) in [6.07, 6.45) is 10.4. The van der Waals surface area contributed by atoms with Gasteiger partial charge in [0.05, 0.1) is 13.2 Å². The number of hydrogen-bond acceptors (Lipinski definition) is 3. The van der Waals surface area contributed by atoms with Gasteiger partial charge in [-0.05, 0) is 39.0 Å². The molecule has 0 aliphatic carbocycles. The van der Waals surface area contributed by atoms with E-state index in [1.54, 1.807) is 18.4 Å². The van der Waals surface area contributed by atoms with Gasteiger partial charge >= 0.3 is 0 Å². The Balaban J connectivity index is 0. The number of ether oxygens (including phenoxy) is 1. The van der Waals surface area contributed by atoms with Crippen LogP contribution in [0.5, 0.6) is 0 Å². The molecule has 110 valence electrons. The first-order valence-corrected chi connectivity index (χ1v) is 6.67. The Morgan fingerprint density at radius 2 is 1.84 bits per heavy atom. The number of nitrogens with zero attached hydrogens (tertiary/aromatic N) is 1. The average Bonchev–Trinajstić information content (AvgIpc) is 2.37. The molecule has 0 saturated carbocycles. The van der Waals surface area contributed by atoms with E-state index in [-0.39, 0.29) is 0 Å². The number of hydrogen-bond donors (Lipinski definition) is 1. The van der Waals surface area contributed by atoms with Gasteiger partial charge in [0.15, 0.2) is 0 Å². The van der Waals surface area contributed by atoms with E-state index in [4.69, 9.17) is 9.94 Å². The van der Waals surface area contributed by atoms with Crippen molar-refractivity contribution >= 4 is 6.21 Å². The van der Waals surface area contributed by atoms with Crippen LogP contribution in [-0.2, 0) is 4.74 Å². The molecule has 1 N–H and O–H groups in total.